The quantitative estimate of drug-likeness (QED) is 0.601. The van der Waals surface area contributed by atoms with E-state index in [1.54, 1.807) is 11.0 Å². The predicted octanol–water partition coefficient (Wildman–Crippen LogP) is 0.434. The van der Waals surface area contributed by atoms with Crippen molar-refractivity contribution in [3.05, 3.63) is 12.7 Å². The molecule has 1 aromatic rings. The first kappa shape index (κ1) is 7.21. The zero-order valence-electron chi connectivity index (χ0n) is 5.20. The maximum absolute atomic E-state index is 10.2. The molecule has 0 saturated heterocycles. The maximum Gasteiger partial charge on any atom is 0.223 e. The van der Waals surface area contributed by atoms with Crippen LogP contribution in [0, 0.1) is 0 Å². The summed E-state index contributed by atoms with van der Waals surface area (Å²) in [5, 5.41) is 3.43. The van der Waals surface area contributed by atoms with E-state index in [2.05, 4.69) is 10.1 Å². The number of rotatable bonds is 3. The van der Waals surface area contributed by atoms with Gasteiger partial charge in [-0.2, -0.15) is 5.10 Å². The molecule has 0 fully saturated rings. The first-order valence-corrected chi connectivity index (χ1v) is 3.17. The van der Waals surface area contributed by atoms with Gasteiger partial charge in [-0.1, -0.05) is 0 Å². The van der Waals surface area contributed by atoms with Gasteiger partial charge in [-0.3, -0.25) is 9.48 Å². The fourth-order valence-corrected chi connectivity index (χ4v) is 0.635. The molecule has 0 amide bonds. The third-order valence-electron chi connectivity index (χ3n) is 1.00. The van der Waals surface area contributed by atoms with Gasteiger partial charge in [-0.15, -0.1) is 0 Å². The molecule has 10 heavy (non-hydrogen) atoms. The van der Waals surface area contributed by atoms with Crippen LogP contribution in [0.25, 0.3) is 0 Å². The van der Waals surface area contributed by atoms with Crippen molar-refractivity contribution < 1.29 is 4.79 Å². The number of hydrogen-bond donors (Lipinski definition) is 0. The minimum Gasteiger partial charge on any atom is -0.281 e. The maximum atomic E-state index is 10.2. The fourth-order valence-electron chi connectivity index (χ4n) is 0.551. The van der Waals surface area contributed by atoms with E-state index in [-0.39, 0.29) is 5.24 Å². The molecule has 54 valence electrons. The average Bonchev–Trinajstić information content (AvgIpc) is 2.34. The summed E-state index contributed by atoms with van der Waals surface area (Å²) in [7, 11) is 0. The van der Waals surface area contributed by atoms with E-state index in [4.69, 9.17) is 11.6 Å². The Morgan fingerprint density at radius 3 is 3.00 bits per heavy atom. The van der Waals surface area contributed by atoms with Crippen LogP contribution in [0.1, 0.15) is 6.42 Å². The van der Waals surface area contributed by atoms with Crippen molar-refractivity contribution >= 4 is 16.8 Å². The van der Waals surface area contributed by atoms with E-state index < -0.39 is 0 Å². The molecule has 0 aliphatic rings. The standard InChI is InChI=1S/C5H6ClN3O/c6-5(10)1-2-9-4-7-3-8-9/h3-4H,1-2H2. The second-order valence-corrected chi connectivity index (χ2v) is 2.19. The molecule has 1 rings (SSSR count). The molecule has 0 N–H and O–H groups in total. The Bertz CT molecular complexity index is 209. The third-order valence-corrected chi connectivity index (χ3v) is 1.19. The smallest absolute Gasteiger partial charge is 0.223 e. The summed E-state index contributed by atoms with van der Waals surface area (Å²) in [5.41, 5.74) is 0. The zero-order valence-corrected chi connectivity index (χ0v) is 5.95. The molecule has 1 aromatic heterocycles. The Morgan fingerprint density at radius 2 is 2.50 bits per heavy atom. The number of halogens is 1. The highest BCUT2D eigenvalue weighted by atomic mass is 35.5. The van der Waals surface area contributed by atoms with Gasteiger partial charge in [-0.25, -0.2) is 4.98 Å². The summed E-state index contributed by atoms with van der Waals surface area (Å²) in [4.78, 5) is 13.9. The minimum atomic E-state index is -0.351. The van der Waals surface area contributed by atoms with Crippen molar-refractivity contribution in [3.8, 4) is 0 Å². The van der Waals surface area contributed by atoms with Crippen molar-refractivity contribution in [1.29, 1.82) is 0 Å². The molecule has 1 heterocycles. The van der Waals surface area contributed by atoms with E-state index in [9.17, 15) is 4.79 Å². The van der Waals surface area contributed by atoms with Gasteiger partial charge >= 0.3 is 0 Å². The van der Waals surface area contributed by atoms with Crippen LogP contribution in [0.5, 0.6) is 0 Å². The van der Waals surface area contributed by atoms with Gasteiger partial charge in [0.2, 0.25) is 5.24 Å². The molecule has 0 spiro atoms. The molecule has 0 aliphatic heterocycles. The Kier molecular flexibility index (Phi) is 2.39. The van der Waals surface area contributed by atoms with E-state index in [1.165, 1.54) is 6.33 Å². The fraction of sp³-hybridized carbons (Fsp3) is 0.400. The van der Waals surface area contributed by atoms with E-state index in [1.807, 2.05) is 0 Å². The van der Waals surface area contributed by atoms with Crippen molar-refractivity contribution in [2.24, 2.45) is 0 Å². The summed E-state index contributed by atoms with van der Waals surface area (Å²) in [5.74, 6) is 0. The molecule has 0 bridgehead atoms. The van der Waals surface area contributed by atoms with Crippen LogP contribution in [0.3, 0.4) is 0 Å². The molecule has 0 saturated carbocycles. The SMILES string of the molecule is O=C(Cl)CCn1cncn1. The first-order chi connectivity index (χ1) is 4.79. The third kappa shape index (κ3) is 2.14. The topological polar surface area (TPSA) is 47.8 Å². The van der Waals surface area contributed by atoms with Crippen molar-refractivity contribution in [2.45, 2.75) is 13.0 Å². The van der Waals surface area contributed by atoms with Gasteiger partial charge in [0.1, 0.15) is 12.7 Å². The number of aryl methyl sites for hydroxylation is 1. The first-order valence-electron chi connectivity index (χ1n) is 2.80. The Hall–Kier alpha value is -0.900. The average molecular weight is 160 g/mol. The predicted molar refractivity (Wildman–Crippen MR) is 35.5 cm³/mol. The number of carbonyl (C=O) groups is 1. The van der Waals surface area contributed by atoms with Crippen molar-refractivity contribution in [1.82, 2.24) is 14.8 Å². The summed E-state index contributed by atoms with van der Waals surface area (Å²) >= 11 is 5.09. The number of nitrogens with zero attached hydrogens (tertiary/aromatic N) is 3. The van der Waals surface area contributed by atoms with Gasteiger partial charge in [0.05, 0.1) is 6.54 Å². The van der Waals surface area contributed by atoms with E-state index in [0.717, 1.165) is 0 Å². The molecule has 5 heteroatoms. The van der Waals surface area contributed by atoms with Gasteiger partial charge in [0.25, 0.3) is 0 Å². The number of hydrogen-bond acceptors (Lipinski definition) is 3. The lowest BCUT2D eigenvalue weighted by molar-refractivity contribution is -0.111. The lowest BCUT2D eigenvalue weighted by atomic mass is 10.5. The highest BCUT2D eigenvalue weighted by molar-refractivity contribution is 6.63. The summed E-state index contributed by atoms with van der Waals surface area (Å²) in [6.07, 6.45) is 3.25. The van der Waals surface area contributed by atoms with Crippen molar-refractivity contribution in [3.63, 3.8) is 0 Å². The summed E-state index contributed by atoms with van der Waals surface area (Å²) < 4.78 is 1.56. The Morgan fingerprint density at radius 1 is 1.70 bits per heavy atom. The lowest BCUT2D eigenvalue weighted by Crippen LogP contribution is -2.01. The van der Waals surface area contributed by atoms with Crippen LogP contribution in [0.15, 0.2) is 12.7 Å². The summed E-state index contributed by atoms with van der Waals surface area (Å²) in [6.45, 7) is 0.502. The Balaban J connectivity index is 2.35. The zero-order chi connectivity index (χ0) is 7.40. The number of carbonyl (C=O) groups excluding carboxylic acids is 1. The van der Waals surface area contributed by atoms with Gasteiger partial charge in [-0.05, 0) is 11.6 Å². The molecular weight excluding hydrogens is 154 g/mol. The lowest BCUT2D eigenvalue weighted by Gasteiger charge is -1.93. The second-order valence-electron chi connectivity index (χ2n) is 1.76. The largest absolute Gasteiger partial charge is 0.281 e. The number of aromatic nitrogens is 3. The molecule has 4 nitrogen and oxygen atoms in total. The second kappa shape index (κ2) is 3.31. The van der Waals surface area contributed by atoms with Crippen molar-refractivity contribution in [2.75, 3.05) is 0 Å². The molecule has 0 aliphatic carbocycles. The van der Waals surface area contributed by atoms with Crippen LogP contribution in [0.2, 0.25) is 0 Å². The molecule has 0 atom stereocenters. The van der Waals surface area contributed by atoms with Crippen LogP contribution in [-0.4, -0.2) is 20.0 Å². The molecule has 0 aromatic carbocycles. The van der Waals surface area contributed by atoms with E-state index in [0.29, 0.717) is 13.0 Å². The Labute approximate surface area is 62.8 Å². The van der Waals surface area contributed by atoms with Gasteiger partial charge in [0.15, 0.2) is 0 Å². The molecule has 0 unspecified atom stereocenters. The van der Waals surface area contributed by atoms with Crippen LogP contribution in [0.4, 0.5) is 0 Å². The monoisotopic (exact) mass is 159 g/mol. The van der Waals surface area contributed by atoms with Crippen LogP contribution >= 0.6 is 11.6 Å². The highest BCUT2D eigenvalue weighted by Gasteiger charge is 1.96. The van der Waals surface area contributed by atoms with E-state index >= 15 is 0 Å². The van der Waals surface area contributed by atoms with Crippen LogP contribution < -0.4 is 0 Å². The van der Waals surface area contributed by atoms with Gasteiger partial charge < -0.3 is 0 Å². The molecule has 0 radical (unpaired) electrons. The molecular formula is C5H6ClN3O. The minimum absolute atomic E-state index is 0.297. The van der Waals surface area contributed by atoms with Crippen LogP contribution in [-0.2, 0) is 11.3 Å². The van der Waals surface area contributed by atoms with Gasteiger partial charge in [0, 0.05) is 6.42 Å². The normalized spacial score (nSPS) is 9.70. The highest BCUT2D eigenvalue weighted by Crippen LogP contribution is 1.91. The summed E-state index contributed by atoms with van der Waals surface area (Å²) in [6, 6.07) is 0.